The molecule has 0 saturated heterocycles. The second kappa shape index (κ2) is 3.41. The summed E-state index contributed by atoms with van der Waals surface area (Å²) >= 11 is 0. The van der Waals surface area contributed by atoms with Gasteiger partial charge in [0.15, 0.2) is 0 Å². The highest BCUT2D eigenvalue weighted by molar-refractivity contribution is 5.88. The highest BCUT2D eigenvalue weighted by Gasteiger charge is 2.18. The third kappa shape index (κ3) is 1.42. The van der Waals surface area contributed by atoms with E-state index >= 15 is 0 Å². The summed E-state index contributed by atoms with van der Waals surface area (Å²) in [7, 11) is 0. The van der Waals surface area contributed by atoms with Crippen molar-refractivity contribution < 1.29 is 0 Å². The largest absolute Gasteiger partial charge is 0.100 e. The Bertz CT molecular complexity index is 588. The molecule has 3 rings (SSSR count). The van der Waals surface area contributed by atoms with Crippen LogP contribution in [-0.2, 0) is 6.42 Å². The number of hydrogen-bond donors (Lipinski definition) is 0. The monoisotopic (exact) mass is 207 g/mol. The standard InChI is InChI=1S/C16H15/c1-11-3-5-13-7-8-14-6-4-12(2)10-16(14)15(13)9-11/h3-9H,10H2,1-2H3/q+1. The van der Waals surface area contributed by atoms with Crippen molar-refractivity contribution in [3.63, 3.8) is 0 Å². The molecule has 0 amide bonds. The molecule has 0 heteroatoms. The molecule has 0 N–H and O–H groups in total. The summed E-state index contributed by atoms with van der Waals surface area (Å²) in [6.07, 6.45) is 5.55. The SMILES string of the molecule is CC1=C[CH+]c2ccc3ccc(C)cc3c2C1. The topological polar surface area (TPSA) is 0 Å². The van der Waals surface area contributed by atoms with Crippen LogP contribution in [0.3, 0.4) is 0 Å². The van der Waals surface area contributed by atoms with E-state index in [9.17, 15) is 0 Å². The maximum Gasteiger partial charge on any atom is 0.100 e. The molecular weight excluding hydrogens is 192 g/mol. The van der Waals surface area contributed by atoms with E-state index < -0.39 is 0 Å². The molecule has 2 aromatic rings. The van der Waals surface area contributed by atoms with Gasteiger partial charge in [-0.25, -0.2) is 0 Å². The maximum atomic E-state index is 2.31. The van der Waals surface area contributed by atoms with Crippen molar-refractivity contribution in [2.45, 2.75) is 20.3 Å². The van der Waals surface area contributed by atoms with E-state index in [1.165, 1.54) is 33.0 Å². The smallest absolute Gasteiger partial charge is 0.0586 e. The number of aryl methyl sites for hydroxylation is 1. The zero-order chi connectivity index (χ0) is 11.1. The van der Waals surface area contributed by atoms with Crippen LogP contribution < -0.4 is 0 Å². The molecule has 0 saturated carbocycles. The van der Waals surface area contributed by atoms with E-state index in [1.54, 1.807) is 0 Å². The third-order valence-electron chi connectivity index (χ3n) is 3.33. The first kappa shape index (κ1) is 9.53. The van der Waals surface area contributed by atoms with Gasteiger partial charge in [0.2, 0.25) is 0 Å². The third-order valence-corrected chi connectivity index (χ3v) is 3.33. The predicted octanol–water partition coefficient (Wildman–Crippen LogP) is 4.20. The normalized spacial score (nSPS) is 14.2. The Morgan fingerprint density at radius 1 is 1.06 bits per heavy atom. The van der Waals surface area contributed by atoms with E-state index in [0.717, 1.165) is 6.42 Å². The van der Waals surface area contributed by atoms with Crippen molar-refractivity contribution in [3.8, 4) is 0 Å². The number of allylic oxidation sites excluding steroid dienone is 2. The molecule has 0 aromatic heterocycles. The van der Waals surface area contributed by atoms with E-state index in [4.69, 9.17) is 0 Å². The molecule has 0 heterocycles. The summed E-state index contributed by atoms with van der Waals surface area (Å²) in [4.78, 5) is 0. The molecular formula is C16H15+. The number of benzene rings is 2. The van der Waals surface area contributed by atoms with Crippen LogP contribution in [0.5, 0.6) is 0 Å². The molecule has 0 fully saturated rings. The van der Waals surface area contributed by atoms with E-state index in [2.05, 4.69) is 56.7 Å². The molecule has 0 bridgehead atoms. The van der Waals surface area contributed by atoms with Gasteiger partial charge in [0.1, 0.15) is 5.56 Å². The van der Waals surface area contributed by atoms with Gasteiger partial charge in [-0.1, -0.05) is 12.1 Å². The van der Waals surface area contributed by atoms with Gasteiger partial charge in [-0.15, -0.1) is 0 Å². The number of rotatable bonds is 0. The van der Waals surface area contributed by atoms with Crippen LogP contribution in [0, 0.1) is 13.3 Å². The summed E-state index contributed by atoms with van der Waals surface area (Å²) in [6, 6.07) is 11.2. The van der Waals surface area contributed by atoms with Gasteiger partial charge in [-0.3, -0.25) is 0 Å². The second-order valence-corrected chi connectivity index (χ2v) is 4.71. The quantitative estimate of drug-likeness (QED) is 0.568. The van der Waals surface area contributed by atoms with Gasteiger partial charge in [0.05, 0.1) is 12.0 Å². The fourth-order valence-electron chi connectivity index (χ4n) is 2.44. The summed E-state index contributed by atoms with van der Waals surface area (Å²) in [5, 5.41) is 2.77. The highest BCUT2D eigenvalue weighted by atomic mass is 14.2. The lowest BCUT2D eigenvalue weighted by Gasteiger charge is -2.10. The van der Waals surface area contributed by atoms with Crippen LogP contribution in [0.4, 0.5) is 0 Å². The minimum absolute atomic E-state index is 1.09. The average molecular weight is 207 g/mol. The van der Waals surface area contributed by atoms with Crippen molar-refractivity contribution in [2.24, 2.45) is 0 Å². The van der Waals surface area contributed by atoms with E-state index in [1.807, 2.05) is 0 Å². The average Bonchev–Trinajstić information content (AvgIpc) is 2.29. The van der Waals surface area contributed by atoms with Crippen LogP contribution >= 0.6 is 0 Å². The molecule has 0 aliphatic heterocycles. The molecule has 0 radical (unpaired) electrons. The second-order valence-electron chi connectivity index (χ2n) is 4.71. The summed E-state index contributed by atoms with van der Waals surface area (Å²) in [6.45, 7) is 4.36. The van der Waals surface area contributed by atoms with Crippen LogP contribution in [-0.4, -0.2) is 0 Å². The van der Waals surface area contributed by atoms with Gasteiger partial charge < -0.3 is 0 Å². The molecule has 0 nitrogen and oxygen atoms in total. The molecule has 16 heavy (non-hydrogen) atoms. The summed E-state index contributed by atoms with van der Waals surface area (Å²) in [5.41, 5.74) is 5.65. The molecule has 0 atom stereocenters. The van der Waals surface area contributed by atoms with Crippen molar-refractivity contribution in [3.05, 3.63) is 65.1 Å². The predicted molar refractivity (Wildman–Crippen MR) is 69.5 cm³/mol. The van der Waals surface area contributed by atoms with Crippen molar-refractivity contribution >= 4 is 10.8 Å². The number of fused-ring (bicyclic) bond motifs is 3. The van der Waals surface area contributed by atoms with Crippen molar-refractivity contribution in [2.75, 3.05) is 0 Å². The molecule has 0 unspecified atom stereocenters. The van der Waals surface area contributed by atoms with Crippen LogP contribution in [0.25, 0.3) is 10.8 Å². The Kier molecular flexibility index (Phi) is 2.03. The lowest BCUT2D eigenvalue weighted by molar-refractivity contribution is 1.10. The Morgan fingerprint density at radius 3 is 2.75 bits per heavy atom. The van der Waals surface area contributed by atoms with Gasteiger partial charge in [0.25, 0.3) is 0 Å². The van der Waals surface area contributed by atoms with Crippen molar-refractivity contribution in [1.82, 2.24) is 0 Å². The van der Waals surface area contributed by atoms with E-state index in [0.29, 0.717) is 0 Å². The Labute approximate surface area is 96.6 Å². The zero-order valence-corrected chi connectivity index (χ0v) is 9.75. The zero-order valence-electron chi connectivity index (χ0n) is 9.75. The maximum absolute atomic E-state index is 2.31. The Morgan fingerprint density at radius 2 is 1.88 bits per heavy atom. The Balaban J connectivity index is 2.31. The minimum Gasteiger partial charge on any atom is -0.0586 e. The van der Waals surface area contributed by atoms with Gasteiger partial charge in [-0.05, 0) is 31.5 Å². The highest BCUT2D eigenvalue weighted by Crippen LogP contribution is 2.30. The van der Waals surface area contributed by atoms with Crippen LogP contribution in [0.15, 0.2) is 42.0 Å². The fraction of sp³-hybridized carbons (Fsp3) is 0.188. The molecule has 78 valence electrons. The lowest BCUT2D eigenvalue weighted by atomic mass is 9.88. The van der Waals surface area contributed by atoms with Gasteiger partial charge in [0, 0.05) is 34.9 Å². The lowest BCUT2D eigenvalue weighted by Crippen LogP contribution is -2.00. The first-order chi connectivity index (χ1) is 7.74. The van der Waals surface area contributed by atoms with Crippen molar-refractivity contribution in [1.29, 1.82) is 0 Å². The molecule has 1 aliphatic carbocycles. The minimum atomic E-state index is 1.09. The molecule has 0 spiro atoms. The first-order valence-electron chi connectivity index (χ1n) is 5.77. The summed E-state index contributed by atoms with van der Waals surface area (Å²) < 4.78 is 0. The van der Waals surface area contributed by atoms with E-state index in [-0.39, 0.29) is 0 Å². The number of hydrogen-bond acceptors (Lipinski definition) is 0. The Hall–Kier alpha value is -1.69. The summed E-state index contributed by atoms with van der Waals surface area (Å²) in [5.74, 6) is 0. The van der Waals surface area contributed by atoms with Gasteiger partial charge in [-0.2, -0.15) is 0 Å². The van der Waals surface area contributed by atoms with Crippen LogP contribution in [0.1, 0.15) is 23.6 Å². The van der Waals surface area contributed by atoms with Crippen LogP contribution in [0.2, 0.25) is 0 Å². The first-order valence-corrected chi connectivity index (χ1v) is 5.77. The van der Waals surface area contributed by atoms with Gasteiger partial charge >= 0.3 is 0 Å². The molecule has 1 aliphatic rings. The molecule has 2 aromatic carbocycles. The fourth-order valence-corrected chi connectivity index (χ4v) is 2.44.